The van der Waals surface area contributed by atoms with Crippen LogP contribution in [-0.4, -0.2) is 59.2 Å². The predicted octanol–water partition coefficient (Wildman–Crippen LogP) is 2.38. The summed E-state index contributed by atoms with van der Waals surface area (Å²) in [4.78, 5) is 33.2. The Kier molecular flexibility index (Phi) is 6.56. The number of nitrogens with two attached hydrogens (primary N) is 1. The Hall–Kier alpha value is -2.42. The summed E-state index contributed by atoms with van der Waals surface area (Å²) in [6, 6.07) is 5.99. The second-order valence-electron chi connectivity index (χ2n) is 7.13. The van der Waals surface area contributed by atoms with E-state index in [0.717, 1.165) is 5.69 Å². The zero-order chi connectivity index (χ0) is 21.1. The van der Waals surface area contributed by atoms with Crippen molar-refractivity contribution in [3.05, 3.63) is 46.5 Å². The van der Waals surface area contributed by atoms with Gasteiger partial charge in [-0.05, 0) is 31.0 Å². The number of ether oxygens (including phenoxy) is 1. The molecule has 1 aliphatic heterocycles. The number of nitrogens with one attached hydrogen (secondary N) is 1. The van der Waals surface area contributed by atoms with Crippen LogP contribution in [0.1, 0.15) is 40.0 Å². The molecule has 0 amide bonds. The zero-order valence-electron chi connectivity index (χ0n) is 16.4. The Balaban J connectivity index is 1.74. The van der Waals surface area contributed by atoms with Gasteiger partial charge in [0.25, 0.3) is 0 Å². The third kappa shape index (κ3) is 4.44. The molecular weight excluding hydrogens is 396 g/mol. The number of benzene rings is 1. The van der Waals surface area contributed by atoms with Gasteiger partial charge in [0.05, 0.1) is 23.4 Å². The highest BCUT2D eigenvalue weighted by atomic mass is 35.5. The number of imidazole rings is 1. The molecule has 0 spiro atoms. The fourth-order valence-electron chi connectivity index (χ4n) is 3.76. The number of piperidine rings is 1. The average molecular weight is 421 g/mol. The number of hydrogen-bond donors (Lipinski definition) is 3. The van der Waals surface area contributed by atoms with Gasteiger partial charge in [0.1, 0.15) is 0 Å². The number of aromatic amines is 1. The molecule has 3 atom stereocenters. The number of rotatable bonds is 7. The molecule has 2 unspecified atom stereocenters. The monoisotopic (exact) mass is 420 g/mol. The topological polar surface area (TPSA) is 122 Å². The summed E-state index contributed by atoms with van der Waals surface area (Å²) < 4.78 is 5.64. The molecule has 1 aromatic heterocycles. The second-order valence-corrected chi connectivity index (χ2v) is 7.48. The van der Waals surface area contributed by atoms with Crippen LogP contribution in [0.3, 0.4) is 0 Å². The van der Waals surface area contributed by atoms with Crippen molar-refractivity contribution in [2.45, 2.75) is 31.9 Å². The van der Waals surface area contributed by atoms with Crippen LogP contribution >= 0.6 is 11.6 Å². The highest BCUT2D eigenvalue weighted by molar-refractivity contribution is 6.30. The van der Waals surface area contributed by atoms with Crippen LogP contribution in [0, 0.1) is 5.92 Å². The van der Waals surface area contributed by atoms with Crippen LogP contribution in [0.25, 0.3) is 0 Å². The normalized spacial score (nSPS) is 20.5. The predicted molar refractivity (Wildman–Crippen MR) is 110 cm³/mol. The number of nitrogens with zero attached hydrogens (tertiary/aromatic N) is 2. The molecular formula is C20H25ClN4O4. The molecule has 29 heavy (non-hydrogen) atoms. The van der Waals surface area contributed by atoms with Gasteiger partial charge in [-0.3, -0.25) is 4.79 Å². The number of methoxy groups -OCH3 is 1. The number of aromatic nitrogens is 2. The number of H-pyrrole nitrogens is 1. The van der Waals surface area contributed by atoms with Gasteiger partial charge in [0.2, 0.25) is 5.78 Å². The maximum absolute atomic E-state index is 12.8. The van der Waals surface area contributed by atoms with Crippen molar-refractivity contribution in [1.82, 2.24) is 9.97 Å². The number of carboxylic acid groups (broad SMARTS) is 1. The maximum Gasteiger partial charge on any atom is 0.335 e. The van der Waals surface area contributed by atoms with Crippen LogP contribution in [-0.2, 0) is 11.2 Å². The summed E-state index contributed by atoms with van der Waals surface area (Å²) in [5, 5.41) is 9.50. The van der Waals surface area contributed by atoms with Crippen molar-refractivity contribution < 1.29 is 19.4 Å². The smallest absolute Gasteiger partial charge is 0.335 e. The molecule has 1 aromatic carbocycles. The Morgan fingerprint density at radius 3 is 2.86 bits per heavy atom. The minimum atomic E-state index is -0.971. The molecule has 4 N–H and O–H groups in total. The standard InChI is InChI=1S/C20H25ClN4O4/c1-3-14-18(21)24-19(23-14)17(26)16(22)13-7-8-25(10-15(13)29-2)12-6-4-5-11(9-12)20(27)28/h4-6,9,13,15-16H,3,7-8,10,22H2,1-2H3,(H,23,24)(H,27,28)/t13?,15-,16?/m0/s1. The van der Waals surface area contributed by atoms with E-state index in [1.807, 2.05) is 17.9 Å². The van der Waals surface area contributed by atoms with Crippen LogP contribution in [0.2, 0.25) is 5.15 Å². The molecule has 9 heteroatoms. The van der Waals surface area contributed by atoms with Gasteiger partial charge < -0.3 is 25.5 Å². The summed E-state index contributed by atoms with van der Waals surface area (Å²) in [5.74, 6) is -1.28. The van der Waals surface area contributed by atoms with Gasteiger partial charge in [-0.2, -0.15) is 0 Å². The van der Waals surface area contributed by atoms with Crippen LogP contribution in [0.4, 0.5) is 5.69 Å². The molecule has 156 valence electrons. The van der Waals surface area contributed by atoms with Gasteiger partial charge in [-0.1, -0.05) is 24.6 Å². The van der Waals surface area contributed by atoms with E-state index in [9.17, 15) is 14.7 Å². The molecule has 1 fully saturated rings. The van der Waals surface area contributed by atoms with E-state index in [2.05, 4.69) is 9.97 Å². The van der Waals surface area contributed by atoms with Gasteiger partial charge in [0, 0.05) is 31.8 Å². The molecule has 0 aliphatic carbocycles. The third-order valence-corrected chi connectivity index (χ3v) is 5.76. The van der Waals surface area contributed by atoms with E-state index in [1.54, 1.807) is 25.3 Å². The minimum Gasteiger partial charge on any atom is -0.478 e. The highest BCUT2D eigenvalue weighted by Crippen LogP contribution is 2.28. The number of carboxylic acids is 1. The van der Waals surface area contributed by atoms with Crippen LogP contribution in [0.15, 0.2) is 24.3 Å². The summed E-state index contributed by atoms with van der Waals surface area (Å²) in [7, 11) is 1.59. The van der Waals surface area contributed by atoms with E-state index < -0.39 is 12.0 Å². The number of anilines is 1. The molecule has 3 rings (SSSR count). The summed E-state index contributed by atoms with van der Waals surface area (Å²) in [6.07, 6.45) is 0.980. The summed E-state index contributed by atoms with van der Waals surface area (Å²) >= 11 is 6.05. The summed E-state index contributed by atoms with van der Waals surface area (Å²) in [5.41, 5.74) is 8.05. The Labute approximate surface area is 174 Å². The number of aryl methyl sites for hydroxylation is 1. The molecule has 0 bridgehead atoms. The molecule has 2 heterocycles. The number of hydrogen-bond acceptors (Lipinski definition) is 6. The van der Waals surface area contributed by atoms with Crippen molar-refractivity contribution in [1.29, 1.82) is 0 Å². The van der Waals surface area contributed by atoms with Crippen LogP contribution < -0.4 is 10.6 Å². The molecule has 1 saturated heterocycles. The quantitative estimate of drug-likeness (QED) is 0.588. The first-order chi connectivity index (χ1) is 13.8. The first-order valence-corrected chi connectivity index (χ1v) is 9.88. The number of halogens is 1. The van der Waals surface area contributed by atoms with Gasteiger partial charge in [-0.15, -0.1) is 0 Å². The van der Waals surface area contributed by atoms with Crippen molar-refractivity contribution in [3.63, 3.8) is 0 Å². The van der Waals surface area contributed by atoms with Crippen molar-refractivity contribution in [3.8, 4) is 0 Å². The Morgan fingerprint density at radius 1 is 1.48 bits per heavy atom. The van der Waals surface area contributed by atoms with Crippen molar-refractivity contribution in [2.75, 3.05) is 25.1 Å². The molecule has 0 saturated carbocycles. The lowest BCUT2D eigenvalue weighted by atomic mass is 9.84. The SMILES string of the molecule is CCc1[nH]c(C(=O)C(N)C2CCN(c3cccc(C(=O)O)c3)C[C@@H]2OC)nc1Cl. The number of ketones is 1. The van der Waals surface area contributed by atoms with E-state index >= 15 is 0 Å². The number of carbonyl (C=O) groups is 2. The fourth-order valence-corrected chi connectivity index (χ4v) is 4.02. The Morgan fingerprint density at radius 2 is 2.24 bits per heavy atom. The fraction of sp³-hybridized carbons (Fsp3) is 0.450. The zero-order valence-corrected chi connectivity index (χ0v) is 17.1. The van der Waals surface area contributed by atoms with E-state index in [1.165, 1.54) is 0 Å². The minimum absolute atomic E-state index is 0.172. The van der Waals surface area contributed by atoms with Crippen molar-refractivity contribution in [2.24, 2.45) is 11.7 Å². The number of aromatic carboxylic acids is 1. The highest BCUT2D eigenvalue weighted by Gasteiger charge is 2.38. The van der Waals surface area contributed by atoms with E-state index in [-0.39, 0.29) is 29.2 Å². The van der Waals surface area contributed by atoms with Gasteiger partial charge in [-0.25, -0.2) is 9.78 Å². The lowest BCUT2D eigenvalue weighted by Gasteiger charge is -2.40. The summed E-state index contributed by atoms with van der Waals surface area (Å²) in [6.45, 7) is 3.06. The average Bonchev–Trinajstić information content (AvgIpc) is 3.12. The number of Topliss-reactive ketones (excluding diaryl/α,β-unsaturated/α-hetero) is 1. The largest absolute Gasteiger partial charge is 0.478 e. The lowest BCUT2D eigenvalue weighted by molar-refractivity contribution is 0.0305. The van der Waals surface area contributed by atoms with Gasteiger partial charge >= 0.3 is 5.97 Å². The maximum atomic E-state index is 12.8. The molecule has 2 aromatic rings. The van der Waals surface area contributed by atoms with Crippen LogP contribution in [0.5, 0.6) is 0 Å². The molecule has 8 nitrogen and oxygen atoms in total. The lowest BCUT2D eigenvalue weighted by Crippen LogP contribution is -2.53. The second kappa shape index (κ2) is 8.94. The van der Waals surface area contributed by atoms with Gasteiger partial charge in [0.15, 0.2) is 11.0 Å². The third-order valence-electron chi connectivity index (χ3n) is 5.45. The Bertz CT molecular complexity index is 900. The van der Waals surface area contributed by atoms with Crippen molar-refractivity contribution >= 4 is 29.0 Å². The molecule has 0 radical (unpaired) electrons. The first-order valence-electron chi connectivity index (χ1n) is 9.51. The van der Waals surface area contributed by atoms with E-state index in [0.29, 0.717) is 36.8 Å². The van der Waals surface area contributed by atoms with E-state index in [4.69, 9.17) is 22.1 Å². The molecule has 1 aliphatic rings. The first kappa shape index (κ1) is 21.3. The number of carbonyl (C=O) groups excluding carboxylic acids is 1.